The van der Waals surface area contributed by atoms with Crippen LogP contribution in [0, 0.1) is 0 Å². The molecule has 0 heterocycles. The normalized spacial score (nSPS) is 11.8. The summed E-state index contributed by atoms with van der Waals surface area (Å²) in [7, 11) is 0. The van der Waals surface area contributed by atoms with Crippen LogP contribution < -0.4 is 5.73 Å². The molecule has 0 aliphatic rings. The van der Waals surface area contributed by atoms with Gasteiger partial charge < -0.3 is 5.73 Å². The Morgan fingerprint density at radius 1 is 1.11 bits per heavy atom. The second kappa shape index (κ2) is 7.31. The molecule has 0 aromatic heterocycles. The summed E-state index contributed by atoms with van der Waals surface area (Å²) in [6.07, 6.45) is 4.44. The van der Waals surface area contributed by atoms with E-state index in [1.807, 2.05) is 12.3 Å². The van der Waals surface area contributed by atoms with E-state index in [9.17, 15) is 13.2 Å². The van der Waals surface area contributed by atoms with E-state index in [1.54, 1.807) is 12.1 Å². The second-order valence-electron chi connectivity index (χ2n) is 3.81. The van der Waals surface area contributed by atoms with Crippen molar-refractivity contribution in [1.82, 2.24) is 0 Å². The van der Waals surface area contributed by atoms with E-state index >= 15 is 0 Å². The highest BCUT2D eigenvalue weighted by atomic mass is 32.2. The molecule has 0 saturated carbocycles. The summed E-state index contributed by atoms with van der Waals surface area (Å²) in [4.78, 5) is 1.13. The molecule has 0 bridgehead atoms. The van der Waals surface area contributed by atoms with Gasteiger partial charge in [-0.15, -0.1) is 11.8 Å². The van der Waals surface area contributed by atoms with Crippen molar-refractivity contribution in [3.63, 3.8) is 0 Å². The van der Waals surface area contributed by atoms with E-state index in [2.05, 4.69) is 0 Å². The third-order valence-corrected chi connectivity index (χ3v) is 3.74. The van der Waals surface area contributed by atoms with Crippen LogP contribution >= 0.6 is 23.5 Å². The Morgan fingerprint density at radius 2 is 1.78 bits per heavy atom. The molecule has 102 valence electrons. The van der Waals surface area contributed by atoms with Crippen LogP contribution in [0.2, 0.25) is 0 Å². The first-order valence-corrected chi connectivity index (χ1v) is 7.62. The van der Waals surface area contributed by atoms with E-state index in [0.29, 0.717) is 6.54 Å². The monoisotopic (exact) mass is 295 g/mol. The number of alkyl halides is 3. The zero-order valence-corrected chi connectivity index (χ0v) is 11.7. The van der Waals surface area contributed by atoms with Crippen molar-refractivity contribution in [2.45, 2.75) is 34.6 Å². The summed E-state index contributed by atoms with van der Waals surface area (Å²) in [5, 5.41) is 0. The fourth-order valence-corrected chi connectivity index (χ4v) is 2.81. The van der Waals surface area contributed by atoms with Gasteiger partial charge >= 0.3 is 5.51 Å². The second-order valence-corrected chi connectivity index (χ2v) is 5.83. The fraction of sp³-hybridized carbons (Fsp3) is 0.500. The average molecular weight is 295 g/mol. The van der Waals surface area contributed by atoms with E-state index in [-0.39, 0.29) is 16.7 Å². The van der Waals surface area contributed by atoms with Gasteiger partial charge in [0.25, 0.3) is 0 Å². The molecule has 0 saturated heterocycles. The Kier molecular flexibility index (Phi) is 6.38. The number of hydrogen-bond donors (Lipinski definition) is 1. The third-order valence-electron chi connectivity index (χ3n) is 2.33. The summed E-state index contributed by atoms with van der Waals surface area (Å²) in [5.74, 6) is 0. The Labute approximate surface area is 114 Å². The van der Waals surface area contributed by atoms with Crippen LogP contribution in [-0.4, -0.2) is 18.3 Å². The summed E-state index contributed by atoms with van der Waals surface area (Å²) in [6, 6.07) is 5.14. The number of unbranched alkanes of at least 4 members (excludes halogenated alkanes) is 1. The number of nitrogens with two attached hydrogens (primary N) is 1. The van der Waals surface area contributed by atoms with Crippen LogP contribution in [0.5, 0.6) is 0 Å². The summed E-state index contributed by atoms with van der Waals surface area (Å²) in [5.41, 5.74) is 2.12. The van der Waals surface area contributed by atoms with Crippen LogP contribution in [0.1, 0.15) is 18.4 Å². The SMILES string of the molecule is CSc1cc(CCCCN)cc(SC(F)(F)F)c1. The molecule has 1 aromatic rings. The van der Waals surface area contributed by atoms with Crippen molar-refractivity contribution in [2.75, 3.05) is 12.8 Å². The van der Waals surface area contributed by atoms with E-state index in [0.717, 1.165) is 29.7 Å². The smallest absolute Gasteiger partial charge is 0.330 e. The van der Waals surface area contributed by atoms with Gasteiger partial charge in [-0.2, -0.15) is 13.2 Å². The fourth-order valence-electron chi connectivity index (χ4n) is 1.56. The zero-order valence-electron chi connectivity index (χ0n) is 10.1. The molecule has 0 amide bonds. The molecule has 0 aliphatic heterocycles. The number of rotatable bonds is 6. The maximum absolute atomic E-state index is 12.4. The van der Waals surface area contributed by atoms with Crippen molar-refractivity contribution >= 4 is 23.5 Å². The van der Waals surface area contributed by atoms with Crippen molar-refractivity contribution in [3.05, 3.63) is 23.8 Å². The number of hydrogen-bond acceptors (Lipinski definition) is 3. The lowest BCUT2D eigenvalue weighted by atomic mass is 10.1. The predicted octanol–water partition coefficient (Wildman–Crippen LogP) is 4.30. The third kappa shape index (κ3) is 6.02. The van der Waals surface area contributed by atoms with Crippen molar-refractivity contribution < 1.29 is 13.2 Å². The number of benzene rings is 1. The molecule has 1 nitrogen and oxygen atoms in total. The summed E-state index contributed by atoms with van der Waals surface area (Å²) < 4.78 is 37.1. The Balaban J connectivity index is 2.80. The molecule has 0 spiro atoms. The van der Waals surface area contributed by atoms with Crippen LogP contribution in [-0.2, 0) is 6.42 Å². The van der Waals surface area contributed by atoms with Gasteiger partial charge in [0.15, 0.2) is 0 Å². The van der Waals surface area contributed by atoms with Gasteiger partial charge in [0.05, 0.1) is 0 Å². The quantitative estimate of drug-likeness (QED) is 0.626. The number of thioether (sulfide) groups is 2. The maximum atomic E-state index is 12.4. The molecule has 0 atom stereocenters. The van der Waals surface area contributed by atoms with Gasteiger partial charge in [0, 0.05) is 9.79 Å². The molecular weight excluding hydrogens is 279 g/mol. The van der Waals surface area contributed by atoms with Gasteiger partial charge in [0.2, 0.25) is 0 Å². The molecule has 1 aromatic carbocycles. The first-order chi connectivity index (χ1) is 8.44. The minimum atomic E-state index is -4.23. The lowest BCUT2D eigenvalue weighted by molar-refractivity contribution is -0.0328. The van der Waals surface area contributed by atoms with Gasteiger partial charge in [-0.3, -0.25) is 0 Å². The largest absolute Gasteiger partial charge is 0.446 e. The summed E-state index contributed by atoms with van der Waals surface area (Å²) in [6.45, 7) is 0.617. The minimum Gasteiger partial charge on any atom is -0.330 e. The molecular formula is C12H16F3NS2. The first kappa shape index (κ1) is 15.7. The Hall–Kier alpha value is -0.330. The lowest BCUT2D eigenvalue weighted by Gasteiger charge is -2.10. The van der Waals surface area contributed by atoms with Crippen LogP contribution in [0.15, 0.2) is 28.0 Å². The van der Waals surface area contributed by atoms with Gasteiger partial charge in [-0.05, 0) is 67.6 Å². The molecule has 0 aliphatic carbocycles. The highest BCUT2D eigenvalue weighted by Gasteiger charge is 2.29. The van der Waals surface area contributed by atoms with E-state index in [4.69, 9.17) is 5.73 Å². The predicted molar refractivity (Wildman–Crippen MR) is 72.1 cm³/mol. The van der Waals surface area contributed by atoms with E-state index < -0.39 is 5.51 Å². The summed E-state index contributed by atoms with van der Waals surface area (Å²) >= 11 is 1.40. The first-order valence-electron chi connectivity index (χ1n) is 5.58. The van der Waals surface area contributed by atoms with Crippen LogP contribution in [0.4, 0.5) is 13.2 Å². The standard InChI is InChI=1S/C12H16F3NS2/c1-17-10-6-9(4-2-3-5-16)7-11(8-10)18-12(13,14)15/h6-8H,2-5,16H2,1H3. The molecule has 0 fully saturated rings. The van der Waals surface area contributed by atoms with E-state index in [1.165, 1.54) is 11.8 Å². The molecule has 2 N–H and O–H groups in total. The van der Waals surface area contributed by atoms with Gasteiger partial charge in [-0.25, -0.2) is 0 Å². The maximum Gasteiger partial charge on any atom is 0.446 e. The molecule has 0 unspecified atom stereocenters. The molecule has 0 radical (unpaired) electrons. The lowest BCUT2D eigenvalue weighted by Crippen LogP contribution is -2.01. The molecule has 18 heavy (non-hydrogen) atoms. The molecule has 1 rings (SSSR count). The average Bonchev–Trinajstić information content (AvgIpc) is 2.26. The Bertz CT molecular complexity index is 380. The topological polar surface area (TPSA) is 26.0 Å². The zero-order chi connectivity index (χ0) is 13.6. The number of aryl methyl sites for hydroxylation is 1. The van der Waals surface area contributed by atoms with Crippen LogP contribution in [0.3, 0.4) is 0 Å². The van der Waals surface area contributed by atoms with Crippen molar-refractivity contribution in [3.8, 4) is 0 Å². The van der Waals surface area contributed by atoms with Crippen LogP contribution in [0.25, 0.3) is 0 Å². The highest BCUT2D eigenvalue weighted by Crippen LogP contribution is 2.38. The minimum absolute atomic E-state index is 0.0544. The van der Waals surface area contributed by atoms with Gasteiger partial charge in [-0.1, -0.05) is 0 Å². The molecule has 6 heteroatoms. The highest BCUT2D eigenvalue weighted by molar-refractivity contribution is 8.00. The van der Waals surface area contributed by atoms with Gasteiger partial charge in [0.1, 0.15) is 0 Å². The van der Waals surface area contributed by atoms with Crippen molar-refractivity contribution in [2.24, 2.45) is 5.73 Å². The van der Waals surface area contributed by atoms with Crippen molar-refractivity contribution in [1.29, 1.82) is 0 Å². The Morgan fingerprint density at radius 3 is 2.33 bits per heavy atom. The number of halogens is 3.